The van der Waals surface area contributed by atoms with E-state index in [1.165, 1.54) is 0 Å². The highest BCUT2D eigenvalue weighted by atomic mass is 16.4. The Morgan fingerprint density at radius 2 is 2.25 bits per heavy atom. The van der Waals surface area contributed by atoms with Crippen molar-refractivity contribution in [1.29, 1.82) is 0 Å². The third-order valence-electron chi connectivity index (χ3n) is 3.77. The summed E-state index contributed by atoms with van der Waals surface area (Å²) >= 11 is 0. The van der Waals surface area contributed by atoms with Gasteiger partial charge in [-0.3, -0.25) is 4.68 Å². The van der Waals surface area contributed by atoms with Crippen molar-refractivity contribution in [3.8, 4) is 0 Å². The zero-order valence-corrected chi connectivity index (χ0v) is 11.0. The van der Waals surface area contributed by atoms with Crippen LogP contribution in [-0.2, 0) is 6.54 Å². The Kier molecular flexibility index (Phi) is 2.65. The van der Waals surface area contributed by atoms with E-state index in [1.54, 1.807) is 12.7 Å². The number of aromatic nitrogens is 4. The van der Waals surface area contributed by atoms with Gasteiger partial charge < -0.3 is 9.32 Å². The van der Waals surface area contributed by atoms with Crippen LogP contribution in [0.5, 0.6) is 0 Å². The smallest absolute Gasteiger partial charge is 0.298 e. The minimum absolute atomic E-state index is 0.366. The highest BCUT2D eigenvalue weighted by molar-refractivity contribution is 5.74. The van der Waals surface area contributed by atoms with Crippen molar-refractivity contribution in [2.24, 2.45) is 0 Å². The average molecular weight is 269 g/mol. The summed E-state index contributed by atoms with van der Waals surface area (Å²) in [4.78, 5) is 10.8. The molecule has 1 atom stereocenters. The predicted octanol–water partition coefficient (Wildman–Crippen LogP) is 2.09. The summed E-state index contributed by atoms with van der Waals surface area (Å²) in [5, 5.41) is 4.18. The molecule has 0 aliphatic carbocycles. The molecule has 3 aromatic rings. The molecular weight excluding hydrogens is 254 g/mol. The van der Waals surface area contributed by atoms with Gasteiger partial charge in [0.1, 0.15) is 18.2 Å². The summed E-state index contributed by atoms with van der Waals surface area (Å²) in [7, 11) is 0. The number of fused-ring (bicyclic) bond motifs is 1. The van der Waals surface area contributed by atoms with Gasteiger partial charge in [-0.25, -0.2) is 4.98 Å². The quantitative estimate of drug-likeness (QED) is 0.728. The van der Waals surface area contributed by atoms with E-state index in [0.29, 0.717) is 12.1 Å². The maximum atomic E-state index is 5.87. The van der Waals surface area contributed by atoms with E-state index in [0.717, 1.165) is 37.0 Å². The lowest BCUT2D eigenvalue weighted by Gasteiger charge is -2.22. The van der Waals surface area contributed by atoms with Crippen LogP contribution in [0.1, 0.15) is 12.8 Å². The van der Waals surface area contributed by atoms with Crippen molar-refractivity contribution in [2.75, 3.05) is 11.4 Å². The molecule has 0 bridgehead atoms. The van der Waals surface area contributed by atoms with Gasteiger partial charge in [-0.15, -0.1) is 0 Å². The largest absolute Gasteiger partial charge is 0.423 e. The molecule has 0 N–H and O–H groups in total. The van der Waals surface area contributed by atoms with Crippen molar-refractivity contribution >= 4 is 17.1 Å². The lowest BCUT2D eigenvalue weighted by molar-refractivity contribution is 0.478. The molecule has 6 heteroatoms. The zero-order valence-electron chi connectivity index (χ0n) is 11.0. The van der Waals surface area contributed by atoms with Crippen molar-refractivity contribution in [3.63, 3.8) is 0 Å². The van der Waals surface area contributed by atoms with Gasteiger partial charge in [0.05, 0.1) is 12.6 Å². The molecule has 3 heterocycles. The molecule has 20 heavy (non-hydrogen) atoms. The Hall–Kier alpha value is -2.37. The van der Waals surface area contributed by atoms with Crippen molar-refractivity contribution < 1.29 is 4.42 Å². The third-order valence-corrected chi connectivity index (χ3v) is 3.77. The Labute approximate surface area is 116 Å². The summed E-state index contributed by atoms with van der Waals surface area (Å²) in [5.41, 5.74) is 1.75. The third kappa shape index (κ3) is 1.93. The van der Waals surface area contributed by atoms with Gasteiger partial charge in [-0.1, -0.05) is 12.1 Å². The summed E-state index contributed by atoms with van der Waals surface area (Å²) in [5.74, 6) is 0. The van der Waals surface area contributed by atoms with Crippen molar-refractivity contribution in [2.45, 2.75) is 25.4 Å². The Morgan fingerprint density at radius 3 is 3.10 bits per heavy atom. The molecule has 102 valence electrons. The Balaban J connectivity index is 1.62. The van der Waals surface area contributed by atoms with Gasteiger partial charge in [-0.05, 0) is 25.0 Å². The Bertz CT molecular complexity index is 672. The molecule has 6 nitrogen and oxygen atoms in total. The van der Waals surface area contributed by atoms with E-state index in [9.17, 15) is 0 Å². The molecule has 0 spiro atoms. The molecule has 1 aliphatic heterocycles. The number of benzene rings is 1. The number of hydrogen-bond acceptors (Lipinski definition) is 5. The number of oxazole rings is 1. The maximum absolute atomic E-state index is 5.87. The molecule has 0 unspecified atom stereocenters. The summed E-state index contributed by atoms with van der Waals surface area (Å²) < 4.78 is 7.74. The molecule has 1 aliphatic rings. The highest BCUT2D eigenvalue weighted by Crippen LogP contribution is 2.28. The van der Waals surface area contributed by atoms with Crippen molar-refractivity contribution in [1.82, 2.24) is 19.7 Å². The van der Waals surface area contributed by atoms with E-state index < -0.39 is 0 Å². The molecular formula is C14H15N5O. The maximum Gasteiger partial charge on any atom is 0.298 e. The minimum Gasteiger partial charge on any atom is -0.423 e. The molecule has 1 saturated heterocycles. The second-order valence-electron chi connectivity index (χ2n) is 5.07. The zero-order chi connectivity index (χ0) is 13.4. The SMILES string of the molecule is c1ccc2oc(N3CCC[C@H]3Cn3cncn3)nc2c1. The van der Waals surface area contributed by atoms with Crippen LogP contribution in [0.3, 0.4) is 0 Å². The molecule has 1 aromatic carbocycles. The highest BCUT2D eigenvalue weighted by Gasteiger charge is 2.28. The van der Waals surface area contributed by atoms with Crippen LogP contribution in [0.4, 0.5) is 6.01 Å². The number of rotatable bonds is 3. The van der Waals surface area contributed by atoms with E-state index in [-0.39, 0.29) is 0 Å². The van der Waals surface area contributed by atoms with E-state index >= 15 is 0 Å². The average Bonchev–Trinajstić information content (AvgIpc) is 3.18. The van der Waals surface area contributed by atoms with Crippen LogP contribution in [0, 0.1) is 0 Å². The number of nitrogens with zero attached hydrogens (tertiary/aromatic N) is 5. The fourth-order valence-electron chi connectivity index (χ4n) is 2.80. The first-order valence-electron chi connectivity index (χ1n) is 6.85. The first kappa shape index (κ1) is 11.5. The number of hydrogen-bond donors (Lipinski definition) is 0. The fourth-order valence-corrected chi connectivity index (χ4v) is 2.80. The van der Waals surface area contributed by atoms with Gasteiger partial charge in [-0.2, -0.15) is 10.1 Å². The van der Waals surface area contributed by atoms with Crippen LogP contribution in [0.2, 0.25) is 0 Å². The first-order chi connectivity index (χ1) is 9.90. The topological polar surface area (TPSA) is 60.0 Å². The van der Waals surface area contributed by atoms with Crippen LogP contribution < -0.4 is 4.90 Å². The van der Waals surface area contributed by atoms with E-state index in [4.69, 9.17) is 4.42 Å². The summed E-state index contributed by atoms with van der Waals surface area (Å²) in [6.45, 7) is 1.80. The van der Waals surface area contributed by atoms with Gasteiger partial charge in [0.2, 0.25) is 0 Å². The molecule has 0 saturated carbocycles. The number of anilines is 1. The monoisotopic (exact) mass is 269 g/mol. The van der Waals surface area contributed by atoms with Gasteiger partial charge in [0.25, 0.3) is 6.01 Å². The normalized spacial score (nSPS) is 19.0. The van der Waals surface area contributed by atoms with Crippen LogP contribution in [0.25, 0.3) is 11.1 Å². The first-order valence-corrected chi connectivity index (χ1v) is 6.85. The fraction of sp³-hybridized carbons (Fsp3) is 0.357. The second-order valence-corrected chi connectivity index (χ2v) is 5.07. The van der Waals surface area contributed by atoms with E-state index in [1.807, 2.05) is 28.9 Å². The lowest BCUT2D eigenvalue weighted by atomic mass is 10.2. The molecule has 1 fully saturated rings. The van der Waals surface area contributed by atoms with Crippen LogP contribution >= 0.6 is 0 Å². The van der Waals surface area contributed by atoms with Gasteiger partial charge in [0, 0.05) is 6.54 Å². The van der Waals surface area contributed by atoms with E-state index in [2.05, 4.69) is 20.0 Å². The molecule has 0 radical (unpaired) electrons. The van der Waals surface area contributed by atoms with Crippen molar-refractivity contribution in [3.05, 3.63) is 36.9 Å². The summed E-state index contributed by atoms with van der Waals surface area (Å²) in [6.07, 6.45) is 5.60. The summed E-state index contributed by atoms with van der Waals surface area (Å²) in [6, 6.07) is 8.96. The lowest BCUT2D eigenvalue weighted by Crippen LogP contribution is -2.33. The Morgan fingerprint density at radius 1 is 1.30 bits per heavy atom. The second kappa shape index (κ2) is 4.63. The number of para-hydroxylation sites is 2. The molecule has 0 amide bonds. The van der Waals surface area contributed by atoms with Crippen LogP contribution in [0.15, 0.2) is 41.3 Å². The minimum atomic E-state index is 0.366. The van der Waals surface area contributed by atoms with Gasteiger partial charge in [0.15, 0.2) is 5.58 Å². The molecule has 4 rings (SSSR count). The van der Waals surface area contributed by atoms with Crippen LogP contribution in [-0.4, -0.2) is 32.3 Å². The van der Waals surface area contributed by atoms with Gasteiger partial charge >= 0.3 is 0 Å². The predicted molar refractivity (Wildman–Crippen MR) is 74.4 cm³/mol. The standard InChI is InChI=1S/C14H15N5O/c1-2-6-13-12(5-1)17-14(20-13)19-7-3-4-11(19)8-18-10-15-9-16-18/h1-2,5-6,9-11H,3-4,7-8H2/t11-/m0/s1. The molecule has 2 aromatic heterocycles.